The minimum absolute atomic E-state index is 0.0859. The SMILES string of the molecule is COc1ccccc1-c1csc([C@@H]2CCCN(C(=O)Cc3ccc(F)cc3)C2)n1. The quantitative estimate of drug-likeness (QED) is 0.600. The highest BCUT2D eigenvalue weighted by Gasteiger charge is 2.27. The lowest BCUT2D eigenvalue weighted by Crippen LogP contribution is -2.39. The van der Waals surface area contributed by atoms with Gasteiger partial charge in [0, 0.05) is 30.0 Å². The average molecular weight is 411 g/mol. The van der Waals surface area contributed by atoms with Crippen molar-refractivity contribution in [2.24, 2.45) is 0 Å². The van der Waals surface area contributed by atoms with Crippen LogP contribution >= 0.6 is 11.3 Å². The van der Waals surface area contributed by atoms with Crippen LogP contribution in [0.1, 0.15) is 29.3 Å². The zero-order valence-electron chi connectivity index (χ0n) is 16.3. The van der Waals surface area contributed by atoms with Crippen LogP contribution in [-0.2, 0) is 11.2 Å². The van der Waals surface area contributed by atoms with Crippen LogP contribution in [-0.4, -0.2) is 36.0 Å². The number of methoxy groups -OCH3 is 1. The number of rotatable bonds is 5. The average Bonchev–Trinajstić information content (AvgIpc) is 3.25. The molecule has 1 aromatic heterocycles. The Morgan fingerprint density at radius 1 is 1.24 bits per heavy atom. The summed E-state index contributed by atoms with van der Waals surface area (Å²) in [6.07, 6.45) is 2.29. The van der Waals surface area contributed by atoms with E-state index in [0.29, 0.717) is 13.0 Å². The fourth-order valence-electron chi connectivity index (χ4n) is 3.75. The molecule has 0 N–H and O–H groups in total. The minimum atomic E-state index is -0.283. The molecule has 0 radical (unpaired) electrons. The number of thiazole rings is 1. The lowest BCUT2D eigenvalue weighted by Gasteiger charge is -2.32. The second kappa shape index (κ2) is 8.74. The Kier molecular flexibility index (Phi) is 5.90. The summed E-state index contributed by atoms with van der Waals surface area (Å²) in [4.78, 5) is 19.5. The maximum atomic E-state index is 13.1. The van der Waals surface area contributed by atoms with Crippen LogP contribution in [0.2, 0.25) is 0 Å². The molecule has 2 aromatic carbocycles. The van der Waals surface area contributed by atoms with Crippen LogP contribution in [0, 0.1) is 5.82 Å². The van der Waals surface area contributed by atoms with Crippen LogP contribution in [0.5, 0.6) is 5.75 Å². The van der Waals surface area contributed by atoms with Gasteiger partial charge in [-0.3, -0.25) is 4.79 Å². The molecule has 3 aromatic rings. The molecule has 150 valence electrons. The Morgan fingerprint density at radius 2 is 2.03 bits per heavy atom. The van der Waals surface area contributed by atoms with E-state index >= 15 is 0 Å². The second-order valence-electron chi connectivity index (χ2n) is 7.25. The van der Waals surface area contributed by atoms with E-state index in [9.17, 15) is 9.18 Å². The number of hydrogen-bond acceptors (Lipinski definition) is 4. The number of hydrogen-bond donors (Lipinski definition) is 0. The molecular formula is C23H23FN2O2S. The third kappa shape index (κ3) is 4.48. The highest BCUT2D eigenvalue weighted by Crippen LogP contribution is 2.35. The van der Waals surface area contributed by atoms with Gasteiger partial charge in [-0.15, -0.1) is 11.3 Å². The van der Waals surface area contributed by atoms with Gasteiger partial charge in [-0.1, -0.05) is 24.3 Å². The summed E-state index contributed by atoms with van der Waals surface area (Å²) in [5.41, 5.74) is 2.74. The molecule has 1 saturated heterocycles. The van der Waals surface area contributed by atoms with E-state index in [-0.39, 0.29) is 17.6 Å². The van der Waals surface area contributed by atoms with Crippen LogP contribution < -0.4 is 4.74 Å². The van der Waals surface area contributed by atoms with E-state index in [1.807, 2.05) is 29.2 Å². The van der Waals surface area contributed by atoms with Crippen LogP contribution in [0.3, 0.4) is 0 Å². The molecule has 0 aliphatic carbocycles. The summed E-state index contributed by atoms with van der Waals surface area (Å²) in [6.45, 7) is 1.44. The van der Waals surface area contributed by atoms with Gasteiger partial charge in [0.15, 0.2) is 0 Å². The second-order valence-corrected chi connectivity index (χ2v) is 8.14. The minimum Gasteiger partial charge on any atom is -0.496 e. The lowest BCUT2D eigenvalue weighted by molar-refractivity contribution is -0.131. The largest absolute Gasteiger partial charge is 0.496 e. The van der Waals surface area contributed by atoms with E-state index in [2.05, 4.69) is 5.38 Å². The summed E-state index contributed by atoms with van der Waals surface area (Å²) in [7, 11) is 1.66. The molecule has 0 saturated carbocycles. The van der Waals surface area contributed by atoms with E-state index in [1.54, 1.807) is 30.6 Å². The van der Waals surface area contributed by atoms with Gasteiger partial charge in [0.25, 0.3) is 0 Å². The first-order valence-electron chi connectivity index (χ1n) is 9.75. The smallest absolute Gasteiger partial charge is 0.227 e. The molecule has 6 heteroatoms. The molecule has 1 aliphatic rings. The van der Waals surface area contributed by atoms with Gasteiger partial charge < -0.3 is 9.64 Å². The molecule has 1 atom stereocenters. The molecule has 0 spiro atoms. The first-order valence-corrected chi connectivity index (χ1v) is 10.6. The van der Waals surface area contributed by atoms with Gasteiger partial charge in [0.1, 0.15) is 11.6 Å². The van der Waals surface area contributed by atoms with Crippen molar-refractivity contribution in [3.8, 4) is 17.0 Å². The van der Waals surface area contributed by atoms with E-state index in [4.69, 9.17) is 9.72 Å². The third-order valence-electron chi connectivity index (χ3n) is 5.30. The number of ether oxygens (including phenoxy) is 1. The molecule has 29 heavy (non-hydrogen) atoms. The van der Waals surface area contributed by atoms with Gasteiger partial charge in [-0.2, -0.15) is 0 Å². The van der Waals surface area contributed by atoms with E-state index < -0.39 is 0 Å². The number of carbonyl (C=O) groups excluding carboxylic acids is 1. The number of piperidine rings is 1. The topological polar surface area (TPSA) is 42.4 Å². The fraction of sp³-hybridized carbons (Fsp3) is 0.304. The number of likely N-dealkylation sites (tertiary alicyclic amines) is 1. The zero-order valence-corrected chi connectivity index (χ0v) is 17.1. The van der Waals surface area contributed by atoms with Crippen molar-refractivity contribution in [1.29, 1.82) is 0 Å². The monoisotopic (exact) mass is 410 g/mol. The standard InChI is InChI=1S/C23H23FN2O2S/c1-28-21-7-3-2-6-19(21)20-15-29-23(25-20)17-5-4-12-26(14-17)22(27)13-16-8-10-18(24)11-9-16/h2-3,6-11,15,17H,4-5,12-14H2,1H3/t17-/m1/s1. The Morgan fingerprint density at radius 3 is 2.83 bits per heavy atom. The van der Waals surface area contributed by atoms with Crippen molar-refractivity contribution in [2.45, 2.75) is 25.2 Å². The van der Waals surface area contributed by atoms with Gasteiger partial charge in [0.05, 0.1) is 24.2 Å². The van der Waals surface area contributed by atoms with E-state index in [1.165, 1.54) is 12.1 Å². The lowest BCUT2D eigenvalue weighted by atomic mass is 9.98. The first-order chi connectivity index (χ1) is 14.1. The van der Waals surface area contributed by atoms with Crippen molar-refractivity contribution in [1.82, 2.24) is 9.88 Å². The number of aromatic nitrogens is 1. The van der Waals surface area contributed by atoms with Gasteiger partial charge in [-0.05, 0) is 42.7 Å². The summed E-state index contributed by atoms with van der Waals surface area (Å²) in [6, 6.07) is 14.0. The van der Waals surface area contributed by atoms with Crippen LogP contribution in [0.4, 0.5) is 4.39 Å². The number of benzene rings is 2. The van der Waals surface area contributed by atoms with E-state index in [0.717, 1.165) is 47.0 Å². The molecule has 1 amide bonds. The maximum Gasteiger partial charge on any atom is 0.227 e. The summed E-state index contributed by atoms with van der Waals surface area (Å²) in [5.74, 6) is 0.857. The van der Waals surface area contributed by atoms with Crippen molar-refractivity contribution < 1.29 is 13.9 Å². The number of amides is 1. The summed E-state index contributed by atoms with van der Waals surface area (Å²) < 4.78 is 18.5. The maximum absolute atomic E-state index is 13.1. The van der Waals surface area contributed by atoms with Crippen LogP contribution in [0.15, 0.2) is 53.9 Å². The normalized spacial score (nSPS) is 16.6. The molecule has 2 heterocycles. The number of halogens is 1. The van der Waals surface area contributed by atoms with Crippen molar-refractivity contribution in [2.75, 3.05) is 20.2 Å². The molecular weight excluding hydrogens is 387 g/mol. The predicted molar refractivity (Wildman–Crippen MR) is 113 cm³/mol. The van der Waals surface area contributed by atoms with Gasteiger partial charge in [0.2, 0.25) is 5.91 Å². The summed E-state index contributed by atoms with van der Waals surface area (Å²) in [5, 5.41) is 3.12. The third-order valence-corrected chi connectivity index (χ3v) is 6.30. The fourth-order valence-corrected chi connectivity index (χ4v) is 4.70. The van der Waals surface area contributed by atoms with Crippen molar-refractivity contribution in [3.63, 3.8) is 0 Å². The molecule has 0 unspecified atom stereocenters. The number of carbonyl (C=O) groups is 1. The molecule has 1 aliphatic heterocycles. The molecule has 0 bridgehead atoms. The van der Waals surface area contributed by atoms with Crippen molar-refractivity contribution >= 4 is 17.2 Å². The molecule has 4 nitrogen and oxygen atoms in total. The van der Waals surface area contributed by atoms with Crippen molar-refractivity contribution in [3.05, 3.63) is 70.3 Å². The Bertz CT molecular complexity index is 987. The first kappa shape index (κ1) is 19.6. The summed E-state index contributed by atoms with van der Waals surface area (Å²) >= 11 is 1.64. The molecule has 4 rings (SSSR count). The zero-order chi connectivity index (χ0) is 20.2. The number of para-hydroxylation sites is 1. The molecule has 1 fully saturated rings. The van der Waals surface area contributed by atoms with Gasteiger partial charge >= 0.3 is 0 Å². The predicted octanol–water partition coefficient (Wildman–Crippen LogP) is 4.91. The van der Waals surface area contributed by atoms with Gasteiger partial charge in [-0.25, -0.2) is 9.37 Å². The Labute approximate surface area is 174 Å². The van der Waals surface area contributed by atoms with Crippen LogP contribution in [0.25, 0.3) is 11.3 Å². The highest BCUT2D eigenvalue weighted by molar-refractivity contribution is 7.10. The highest BCUT2D eigenvalue weighted by atomic mass is 32.1. The number of nitrogens with zero attached hydrogens (tertiary/aromatic N) is 2. The Balaban J connectivity index is 1.45. The Hall–Kier alpha value is -2.73.